The average Bonchev–Trinajstić information content (AvgIpc) is 3.35. The van der Waals surface area contributed by atoms with Crippen molar-refractivity contribution in [2.45, 2.75) is 43.2 Å². The molecule has 2 fully saturated rings. The van der Waals surface area contributed by atoms with E-state index in [1.54, 1.807) is 12.4 Å². The number of benzene rings is 1. The van der Waals surface area contributed by atoms with E-state index in [1.807, 2.05) is 30.3 Å². The number of fused-ring (bicyclic) bond motifs is 2. The van der Waals surface area contributed by atoms with Crippen LogP contribution in [0.4, 0.5) is 0 Å². The number of pyridine rings is 1. The smallest absolute Gasteiger partial charge is 0.232 e. The van der Waals surface area contributed by atoms with Crippen LogP contribution in [0.3, 0.4) is 0 Å². The van der Waals surface area contributed by atoms with E-state index < -0.39 is 0 Å². The first-order valence-electron chi connectivity index (χ1n) is 10.2. The van der Waals surface area contributed by atoms with E-state index in [-0.39, 0.29) is 11.8 Å². The Labute approximate surface area is 185 Å². The Kier molecular flexibility index (Phi) is 5.35. The highest BCUT2D eigenvalue weighted by molar-refractivity contribution is 6.42. The first-order chi connectivity index (χ1) is 14.7. The van der Waals surface area contributed by atoms with Gasteiger partial charge in [0.25, 0.3) is 0 Å². The van der Waals surface area contributed by atoms with E-state index in [4.69, 9.17) is 32.7 Å². The van der Waals surface area contributed by atoms with Gasteiger partial charge in [0.2, 0.25) is 11.7 Å². The Hall–Kier alpha value is -2.21. The maximum Gasteiger partial charge on any atom is 0.232 e. The van der Waals surface area contributed by atoms with Crippen molar-refractivity contribution < 1.29 is 4.52 Å². The van der Waals surface area contributed by atoms with E-state index in [2.05, 4.69) is 27.7 Å². The van der Waals surface area contributed by atoms with Gasteiger partial charge in [0.15, 0.2) is 0 Å². The summed E-state index contributed by atoms with van der Waals surface area (Å²) >= 11 is 12.5. The molecule has 5 rings (SSSR count). The van der Waals surface area contributed by atoms with Gasteiger partial charge >= 0.3 is 0 Å². The van der Waals surface area contributed by atoms with Crippen LogP contribution in [0.25, 0.3) is 11.4 Å². The monoisotopic (exact) mass is 440 g/mol. The molecule has 2 aliphatic heterocycles. The molecule has 3 aromatic rings. The molecule has 7 heteroatoms. The molecule has 0 aliphatic carbocycles. The summed E-state index contributed by atoms with van der Waals surface area (Å²) in [6.45, 7) is 4.83. The maximum absolute atomic E-state index is 6.36. The van der Waals surface area contributed by atoms with Gasteiger partial charge in [-0.3, -0.25) is 9.88 Å². The van der Waals surface area contributed by atoms with E-state index in [1.165, 1.54) is 5.56 Å². The summed E-state index contributed by atoms with van der Waals surface area (Å²) < 4.78 is 5.85. The van der Waals surface area contributed by atoms with Crippen LogP contribution >= 0.6 is 23.2 Å². The van der Waals surface area contributed by atoms with Gasteiger partial charge in [-0.1, -0.05) is 40.5 Å². The normalized spacial score (nSPS) is 26.1. The lowest BCUT2D eigenvalue weighted by molar-refractivity contribution is 0.104. The predicted octanol–water partition coefficient (Wildman–Crippen LogP) is 5.73. The molecule has 5 nitrogen and oxygen atoms in total. The van der Waals surface area contributed by atoms with E-state index in [0.717, 1.165) is 31.4 Å². The zero-order valence-corrected chi connectivity index (χ0v) is 17.9. The second-order valence-corrected chi connectivity index (χ2v) is 8.83. The van der Waals surface area contributed by atoms with Crippen molar-refractivity contribution >= 4 is 23.2 Å². The van der Waals surface area contributed by atoms with Crippen LogP contribution in [0.1, 0.15) is 42.6 Å². The SMILES string of the molecule is C=CCN1C2CCC1[C@H](c1nc(-c3ccncc3)no1)[C@@H](c1ccc(Cl)c(Cl)c1)C2. The van der Waals surface area contributed by atoms with E-state index in [9.17, 15) is 0 Å². The molecule has 0 spiro atoms. The van der Waals surface area contributed by atoms with Crippen LogP contribution in [0, 0.1) is 0 Å². The lowest BCUT2D eigenvalue weighted by atomic mass is 9.76. The summed E-state index contributed by atoms with van der Waals surface area (Å²) in [7, 11) is 0. The first-order valence-corrected chi connectivity index (χ1v) is 11.0. The van der Waals surface area contributed by atoms with Gasteiger partial charge in [-0.15, -0.1) is 6.58 Å². The second-order valence-electron chi connectivity index (χ2n) is 8.02. The third kappa shape index (κ3) is 3.45. The molecule has 0 radical (unpaired) electrons. The number of nitrogens with zero attached hydrogens (tertiary/aromatic N) is 4. The first kappa shape index (κ1) is 19.7. The van der Waals surface area contributed by atoms with Crippen molar-refractivity contribution in [3.05, 3.63) is 76.9 Å². The van der Waals surface area contributed by atoms with Crippen molar-refractivity contribution in [2.75, 3.05) is 6.54 Å². The number of rotatable bonds is 5. The topological polar surface area (TPSA) is 55.1 Å². The van der Waals surface area contributed by atoms with Gasteiger partial charge in [-0.2, -0.15) is 4.98 Å². The molecule has 4 atom stereocenters. The van der Waals surface area contributed by atoms with Gasteiger partial charge in [-0.05, 0) is 55.0 Å². The van der Waals surface area contributed by atoms with Crippen LogP contribution in [0.2, 0.25) is 10.0 Å². The number of piperidine rings is 1. The lowest BCUT2D eigenvalue weighted by Gasteiger charge is -2.43. The van der Waals surface area contributed by atoms with Crippen molar-refractivity contribution in [1.29, 1.82) is 0 Å². The third-order valence-corrected chi connectivity index (χ3v) is 7.18. The Morgan fingerprint density at radius 2 is 1.97 bits per heavy atom. The molecule has 2 unspecified atom stereocenters. The van der Waals surface area contributed by atoms with Crippen molar-refractivity contribution in [3.63, 3.8) is 0 Å². The van der Waals surface area contributed by atoms with Gasteiger partial charge < -0.3 is 4.52 Å². The quantitative estimate of drug-likeness (QED) is 0.474. The Bertz CT molecular complexity index is 1050. The maximum atomic E-state index is 6.36. The highest BCUT2D eigenvalue weighted by Gasteiger charge is 2.50. The molecule has 4 heterocycles. The fraction of sp³-hybridized carbons (Fsp3) is 0.348. The molecule has 2 aromatic heterocycles. The average molecular weight is 441 g/mol. The molecule has 1 aromatic carbocycles. The highest BCUT2D eigenvalue weighted by atomic mass is 35.5. The molecular formula is C23H22Cl2N4O. The van der Waals surface area contributed by atoms with Crippen LogP contribution in [-0.4, -0.2) is 38.7 Å². The zero-order valence-electron chi connectivity index (χ0n) is 16.4. The van der Waals surface area contributed by atoms with Crippen LogP contribution in [-0.2, 0) is 0 Å². The minimum absolute atomic E-state index is 0.0871. The van der Waals surface area contributed by atoms with Crippen LogP contribution in [0.5, 0.6) is 0 Å². The molecule has 154 valence electrons. The fourth-order valence-electron chi connectivity index (χ4n) is 5.16. The van der Waals surface area contributed by atoms with Gasteiger partial charge in [0.05, 0.1) is 16.0 Å². The predicted molar refractivity (Wildman–Crippen MR) is 118 cm³/mol. The summed E-state index contributed by atoms with van der Waals surface area (Å²) in [5.41, 5.74) is 2.07. The minimum atomic E-state index is 0.0871. The number of halogens is 2. The zero-order chi connectivity index (χ0) is 20.7. The number of aromatic nitrogens is 3. The second kappa shape index (κ2) is 8.14. The Balaban J connectivity index is 1.56. The summed E-state index contributed by atoms with van der Waals surface area (Å²) in [4.78, 5) is 11.4. The van der Waals surface area contributed by atoms with Gasteiger partial charge in [0, 0.05) is 36.6 Å². The molecule has 2 saturated heterocycles. The van der Waals surface area contributed by atoms with Gasteiger partial charge in [0.1, 0.15) is 0 Å². The molecule has 0 amide bonds. The fourth-order valence-corrected chi connectivity index (χ4v) is 5.46. The summed E-state index contributed by atoms with van der Waals surface area (Å²) in [5.74, 6) is 1.60. The molecular weight excluding hydrogens is 419 g/mol. The lowest BCUT2D eigenvalue weighted by Crippen LogP contribution is -2.47. The van der Waals surface area contributed by atoms with Crippen LogP contribution < -0.4 is 0 Å². The van der Waals surface area contributed by atoms with Crippen molar-refractivity contribution in [1.82, 2.24) is 20.0 Å². The standard InChI is InChI=1S/C23H22Cl2N4O/c1-2-11-29-16-4-6-20(29)21(17(13-16)15-3-5-18(24)19(25)12-15)23-27-22(28-30-23)14-7-9-26-10-8-14/h2-3,5,7-10,12,16-17,20-21H,1,4,6,11,13H2/t16?,17-,20?,21-/m1/s1. The highest BCUT2D eigenvalue weighted by Crippen LogP contribution is 2.51. The number of hydrogen-bond donors (Lipinski definition) is 0. The largest absolute Gasteiger partial charge is 0.339 e. The summed E-state index contributed by atoms with van der Waals surface area (Å²) in [6, 6.07) is 10.6. The van der Waals surface area contributed by atoms with Crippen molar-refractivity contribution in [3.8, 4) is 11.4 Å². The Morgan fingerprint density at radius 1 is 1.13 bits per heavy atom. The molecule has 30 heavy (non-hydrogen) atoms. The molecule has 2 bridgehead atoms. The third-order valence-electron chi connectivity index (χ3n) is 6.44. The molecule has 0 N–H and O–H groups in total. The minimum Gasteiger partial charge on any atom is -0.339 e. The van der Waals surface area contributed by atoms with E-state index in [0.29, 0.717) is 33.8 Å². The van der Waals surface area contributed by atoms with Crippen molar-refractivity contribution in [2.24, 2.45) is 0 Å². The Morgan fingerprint density at radius 3 is 2.73 bits per heavy atom. The summed E-state index contributed by atoms with van der Waals surface area (Å²) in [5, 5.41) is 5.43. The molecule has 2 aliphatic rings. The molecule has 0 saturated carbocycles. The summed E-state index contributed by atoms with van der Waals surface area (Å²) in [6.07, 6.45) is 8.74. The van der Waals surface area contributed by atoms with Gasteiger partial charge in [-0.25, -0.2) is 0 Å². The van der Waals surface area contributed by atoms with E-state index >= 15 is 0 Å². The number of hydrogen-bond acceptors (Lipinski definition) is 5. The van der Waals surface area contributed by atoms with Crippen LogP contribution in [0.15, 0.2) is 59.9 Å².